The molecule has 8 heteroatoms. The predicted octanol–water partition coefficient (Wildman–Crippen LogP) is 14.3. The van der Waals surface area contributed by atoms with Crippen LogP contribution in [0.15, 0.2) is 84.9 Å². The van der Waals surface area contributed by atoms with Gasteiger partial charge in [0, 0.05) is 62.8 Å². The predicted molar refractivity (Wildman–Crippen MR) is 273 cm³/mol. The third-order valence-electron chi connectivity index (χ3n) is 12.8. The average Bonchev–Trinajstić information content (AvgIpc) is 4.09. The fraction of sp³-hybridized carbons (Fsp3) is 0.207. The molecule has 0 atom stereocenters. The molecule has 8 nitrogen and oxygen atoms in total. The van der Waals surface area contributed by atoms with E-state index in [1.807, 2.05) is 24.3 Å². The molecule has 1 amide bonds. The van der Waals surface area contributed by atoms with Crippen LogP contribution in [0.5, 0.6) is 0 Å². The second-order valence-corrected chi connectivity index (χ2v) is 18.2. The second kappa shape index (κ2) is 17.4. The fourth-order valence-corrected chi connectivity index (χ4v) is 10.4. The molecule has 0 aliphatic carbocycles. The van der Waals surface area contributed by atoms with E-state index in [0.717, 1.165) is 112 Å². The van der Waals surface area contributed by atoms with Crippen molar-refractivity contribution >= 4 is 63.9 Å². The van der Waals surface area contributed by atoms with Gasteiger partial charge in [-0.05, 0) is 185 Å². The summed E-state index contributed by atoms with van der Waals surface area (Å²) in [6, 6.07) is 29.9. The Bertz CT molecular complexity index is 3270. The number of amides is 1. The highest BCUT2D eigenvalue weighted by atomic mass is 16.4. The number of aryl methyl sites for hydroxylation is 9. The van der Waals surface area contributed by atoms with Gasteiger partial charge in [0.1, 0.15) is 0 Å². The lowest BCUT2D eigenvalue weighted by atomic mass is 9.92. The zero-order valence-corrected chi connectivity index (χ0v) is 39.2. The molecule has 9 rings (SSSR count). The molecular weight excluding hydrogens is 815 g/mol. The minimum absolute atomic E-state index is 0.0534. The van der Waals surface area contributed by atoms with E-state index in [1.54, 1.807) is 0 Å². The van der Waals surface area contributed by atoms with Crippen LogP contribution in [0.1, 0.15) is 92.1 Å². The molecule has 8 bridgehead atoms. The first-order valence-electron chi connectivity index (χ1n) is 22.7. The number of carbonyl (C=O) groups excluding carboxylic acids is 1. The summed E-state index contributed by atoms with van der Waals surface area (Å²) in [6.07, 6.45) is 8.89. The number of benzene rings is 4. The maximum Gasteiger partial charge on any atom is 0.303 e. The summed E-state index contributed by atoms with van der Waals surface area (Å²) >= 11 is 0. The minimum atomic E-state index is -0.915. The third-order valence-corrected chi connectivity index (χ3v) is 12.8. The highest BCUT2D eigenvalue weighted by Gasteiger charge is 2.23. The molecule has 0 spiro atoms. The summed E-state index contributed by atoms with van der Waals surface area (Å²) < 4.78 is 0. The molecule has 0 saturated heterocycles. The standard InChI is InChI=1S/C58H55N5O3/c1-31-25-34(4)52(35(5)26-31)56-44-19-17-42(60-44)55(40-13-15-41(16-14-40)59-50(64)11-10-12-51(65)66)43-18-20-45(61-43)57(53-36(6)27-32(2)28-37(53)7)47-22-24-49(63-47)58(48-23-21-46(56)62-48)54-38(8)29-33(3)30-39(54)9/h13-30,60,63H,10-12H2,1-9H3,(H,59,64)(H,65,66). The number of H-pyrrole nitrogens is 2. The van der Waals surface area contributed by atoms with Gasteiger partial charge in [-0.1, -0.05) is 65.2 Å². The van der Waals surface area contributed by atoms with Gasteiger partial charge in [-0.25, -0.2) is 9.97 Å². The molecule has 4 aromatic carbocycles. The second-order valence-electron chi connectivity index (χ2n) is 18.2. The van der Waals surface area contributed by atoms with Crippen molar-refractivity contribution in [3.05, 3.63) is 158 Å². The van der Waals surface area contributed by atoms with E-state index in [4.69, 9.17) is 15.1 Å². The lowest BCUT2D eigenvalue weighted by Gasteiger charge is -2.14. The Balaban J connectivity index is 1.40. The SMILES string of the molecule is Cc1cc(C)c(-c2c3nc(c(-c4c(C)cc(C)cc4C)c4ccc([nH]4)c(-c4c(C)cc(C)cc4C)c4nc(c(-c5ccc(NC(=O)CCCC(=O)O)cc5)c5ccc2[nH]5)C=C4)C=C3)c(C)c1. The van der Waals surface area contributed by atoms with E-state index in [2.05, 4.69) is 163 Å². The van der Waals surface area contributed by atoms with Crippen LogP contribution < -0.4 is 5.32 Å². The molecule has 66 heavy (non-hydrogen) atoms. The molecule has 2 aliphatic rings. The van der Waals surface area contributed by atoms with E-state index in [0.29, 0.717) is 5.69 Å². The number of hydrogen-bond acceptors (Lipinski definition) is 4. The van der Waals surface area contributed by atoms with Crippen molar-refractivity contribution in [2.24, 2.45) is 0 Å². The summed E-state index contributed by atoms with van der Waals surface area (Å²) in [5, 5.41) is 12.0. The summed E-state index contributed by atoms with van der Waals surface area (Å²) in [5.41, 5.74) is 26.7. The highest BCUT2D eigenvalue weighted by Crippen LogP contribution is 2.42. The van der Waals surface area contributed by atoms with E-state index in [9.17, 15) is 9.59 Å². The number of carbonyl (C=O) groups is 2. The number of nitrogens with zero attached hydrogens (tertiary/aromatic N) is 2. The number of aromatic amines is 2. The van der Waals surface area contributed by atoms with Gasteiger partial charge in [0.05, 0.1) is 22.8 Å². The van der Waals surface area contributed by atoms with Crippen molar-refractivity contribution in [2.75, 3.05) is 5.32 Å². The quantitative estimate of drug-likeness (QED) is 0.115. The van der Waals surface area contributed by atoms with E-state index >= 15 is 0 Å². The molecule has 4 N–H and O–H groups in total. The summed E-state index contributed by atoms with van der Waals surface area (Å²) in [7, 11) is 0. The average molecular weight is 870 g/mol. The third kappa shape index (κ3) is 8.31. The number of fused-ring (bicyclic) bond motifs is 8. The topological polar surface area (TPSA) is 124 Å². The number of anilines is 1. The molecule has 5 heterocycles. The van der Waals surface area contributed by atoms with Crippen molar-refractivity contribution in [3.63, 3.8) is 0 Å². The number of carboxylic acid groups (broad SMARTS) is 1. The van der Waals surface area contributed by atoms with Crippen molar-refractivity contribution in [1.29, 1.82) is 0 Å². The van der Waals surface area contributed by atoms with Crippen LogP contribution in [0.3, 0.4) is 0 Å². The smallest absolute Gasteiger partial charge is 0.303 e. The first-order chi connectivity index (χ1) is 31.6. The van der Waals surface area contributed by atoms with Crippen LogP contribution in [0, 0.1) is 62.3 Å². The van der Waals surface area contributed by atoms with Gasteiger partial charge in [-0.3, -0.25) is 9.59 Å². The Morgan fingerprint density at radius 2 is 0.788 bits per heavy atom. The Hall–Kier alpha value is -7.58. The number of carboxylic acids is 1. The van der Waals surface area contributed by atoms with Crippen molar-refractivity contribution in [3.8, 4) is 44.5 Å². The Labute approximate surface area is 386 Å². The molecule has 330 valence electrons. The van der Waals surface area contributed by atoms with Crippen LogP contribution in [-0.2, 0) is 9.59 Å². The largest absolute Gasteiger partial charge is 0.481 e. The highest BCUT2D eigenvalue weighted by molar-refractivity contribution is 6.02. The van der Waals surface area contributed by atoms with Gasteiger partial charge in [0.15, 0.2) is 0 Å². The van der Waals surface area contributed by atoms with Gasteiger partial charge < -0.3 is 20.4 Å². The Morgan fingerprint density at radius 1 is 0.455 bits per heavy atom. The molecule has 0 unspecified atom stereocenters. The minimum Gasteiger partial charge on any atom is -0.481 e. The van der Waals surface area contributed by atoms with Crippen molar-refractivity contribution in [1.82, 2.24) is 19.9 Å². The van der Waals surface area contributed by atoms with Crippen LogP contribution >= 0.6 is 0 Å². The molecule has 3 aromatic heterocycles. The van der Waals surface area contributed by atoms with Gasteiger partial charge in [-0.2, -0.15) is 0 Å². The molecular formula is C58H55N5O3. The van der Waals surface area contributed by atoms with Crippen molar-refractivity contribution in [2.45, 2.75) is 81.6 Å². The molecule has 2 aliphatic heterocycles. The van der Waals surface area contributed by atoms with E-state index in [-0.39, 0.29) is 25.2 Å². The Morgan fingerprint density at radius 3 is 1.14 bits per heavy atom. The normalized spacial score (nSPS) is 12.0. The molecule has 0 fully saturated rings. The fourth-order valence-electron chi connectivity index (χ4n) is 10.4. The first-order valence-corrected chi connectivity index (χ1v) is 22.7. The molecule has 0 saturated carbocycles. The van der Waals surface area contributed by atoms with Gasteiger partial charge in [-0.15, -0.1) is 0 Å². The number of aromatic nitrogens is 4. The number of rotatable bonds is 9. The van der Waals surface area contributed by atoms with Crippen LogP contribution in [0.25, 0.3) is 90.9 Å². The van der Waals surface area contributed by atoms with Crippen LogP contribution in [-0.4, -0.2) is 36.9 Å². The maximum atomic E-state index is 12.8. The molecule has 7 aromatic rings. The monoisotopic (exact) mass is 869 g/mol. The summed E-state index contributed by atoms with van der Waals surface area (Å²) in [4.78, 5) is 42.8. The van der Waals surface area contributed by atoms with Gasteiger partial charge in [0.2, 0.25) is 5.91 Å². The van der Waals surface area contributed by atoms with E-state index < -0.39 is 5.97 Å². The lowest BCUT2D eigenvalue weighted by Crippen LogP contribution is -2.11. The zero-order chi connectivity index (χ0) is 46.6. The van der Waals surface area contributed by atoms with Crippen LogP contribution in [0.4, 0.5) is 5.69 Å². The van der Waals surface area contributed by atoms with Crippen LogP contribution in [0.2, 0.25) is 0 Å². The maximum absolute atomic E-state index is 12.8. The summed E-state index contributed by atoms with van der Waals surface area (Å²) in [6.45, 7) is 19.5. The van der Waals surface area contributed by atoms with Gasteiger partial charge in [0.25, 0.3) is 0 Å². The summed E-state index contributed by atoms with van der Waals surface area (Å²) in [5.74, 6) is -1.14. The van der Waals surface area contributed by atoms with Gasteiger partial charge >= 0.3 is 5.97 Å². The first kappa shape index (κ1) is 43.7. The Kier molecular flexibility index (Phi) is 11.5. The lowest BCUT2D eigenvalue weighted by molar-refractivity contribution is -0.137. The number of hydrogen-bond donors (Lipinski definition) is 4. The van der Waals surface area contributed by atoms with E-state index in [1.165, 1.54) is 27.8 Å². The van der Waals surface area contributed by atoms with Crippen molar-refractivity contribution < 1.29 is 14.7 Å². The molecule has 0 radical (unpaired) electrons. The number of aliphatic carboxylic acids is 1. The zero-order valence-electron chi connectivity index (χ0n) is 39.2. The number of nitrogens with one attached hydrogen (secondary N) is 3.